The molecular weight excluding hydrogens is 381 g/mol. The molecule has 30 heavy (non-hydrogen) atoms. The molecule has 5 rings (SSSR count). The number of aryl methyl sites for hydroxylation is 1. The smallest absolute Gasteiger partial charge is 0.163 e. The van der Waals surface area contributed by atoms with Crippen LogP contribution in [0.3, 0.4) is 0 Å². The average Bonchev–Trinajstić information content (AvgIpc) is 3.38. The van der Waals surface area contributed by atoms with Gasteiger partial charge in [0, 0.05) is 30.9 Å². The zero-order valence-corrected chi connectivity index (χ0v) is 16.2. The highest BCUT2D eigenvalue weighted by Crippen LogP contribution is 2.26. The van der Waals surface area contributed by atoms with Gasteiger partial charge in [0.05, 0.1) is 23.0 Å². The van der Waals surface area contributed by atoms with Gasteiger partial charge in [-0.05, 0) is 36.4 Å². The number of rotatable bonds is 5. The van der Waals surface area contributed by atoms with Crippen molar-refractivity contribution in [1.29, 1.82) is 0 Å². The van der Waals surface area contributed by atoms with Gasteiger partial charge in [-0.15, -0.1) is 0 Å². The maximum absolute atomic E-state index is 13.4. The molecule has 0 spiro atoms. The van der Waals surface area contributed by atoms with Crippen LogP contribution < -0.4 is 5.32 Å². The van der Waals surface area contributed by atoms with Crippen molar-refractivity contribution in [2.24, 2.45) is 7.05 Å². The predicted octanol–water partition coefficient (Wildman–Crippen LogP) is 3.97. The summed E-state index contributed by atoms with van der Waals surface area (Å²) in [5, 5.41) is 13.2. The van der Waals surface area contributed by atoms with E-state index in [0.29, 0.717) is 12.4 Å². The van der Waals surface area contributed by atoms with Crippen molar-refractivity contribution in [3.63, 3.8) is 0 Å². The molecule has 3 heterocycles. The molecule has 5 aromatic rings. The molecule has 0 aliphatic rings. The molecule has 0 atom stereocenters. The Morgan fingerprint density at radius 2 is 1.80 bits per heavy atom. The van der Waals surface area contributed by atoms with E-state index in [0.717, 1.165) is 33.5 Å². The molecule has 0 saturated heterocycles. The van der Waals surface area contributed by atoms with Crippen molar-refractivity contribution >= 4 is 16.9 Å². The lowest BCUT2D eigenvalue weighted by atomic mass is 10.1. The Morgan fingerprint density at radius 1 is 1.00 bits per heavy atom. The molecule has 0 saturated carbocycles. The van der Waals surface area contributed by atoms with E-state index in [-0.39, 0.29) is 5.82 Å². The van der Waals surface area contributed by atoms with Crippen molar-refractivity contribution in [2.45, 2.75) is 6.54 Å². The normalized spacial score (nSPS) is 11.1. The summed E-state index contributed by atoms with van der Waals surface area (Å²) in [4.78, 5) is 8.63. The van der Waals surface area contributed by atoms with E-state index in [4.69, 9.17) is 5.10 Å². The van der Waals surface area contributed by atoms with Crippen LogP contribution in [0, 0.1) is 5.82 Å². The SMILES string of the molecule is Cn1ncc2c(NCc3cn(-c4ccccc4)nc3-c3ccc(F)cc3)ncnc21. The molecule has 0 bridgehead atoms. The van der Waals surface area contributed by atoms with Crippen molar-refractivity contribution in [3.05, 3.63) is 84.7 Å². The number of benzene rings is 2. The van der Waals surface area contributed by atoms with Crippen LogP contribution >= 0.6 is 0 Å². The fraction of sp³-hybridized carbons (Fsp3) is 0.0909. The second kappa shape index (κ2) is 7.40. The Hall–Kier alpha value is -4.07. The molecule has 0 aliphatic carbocycles. The molecular formula is C22H18FN7. The number of fused-ring (bicyclic) bond motifs is 1. The highest BCUT2D eigenvalue weighted by molar-refractivity contribution is 5.86. The van der Waals surface area contributed by atoms with Gasteiger partial charge in [-0.1, -0.05) is 18.2 Å². The zero-order valence-electron chi connectivity index (χ0n) is 16.2. The van der Waals surface area contributed by atoms with Gasteiger partial charge in [0.25, 0.3) is 0 Å². The highest BCUT2D eigenvalue weighted by atomic mass is 19.1. The van der Waals surface area contributed by atoms with E-state index in [1.807, 2.05) is 48.3 Å². The van der Waals surface area contributed by atoms with E-state index in [1.165, 1.54) is 18.5 Å². The number of anilines is 1. The van der Waals surface area contributed by atoms with Gasteiger partial charge in [0.2, 0.25) is 0 Å². The topological polar surface area (TPSA) is 73.5 Å². The quantitative estimate of drug-likeness (QED) is 0.484. The zero-order chi connectivity index (χ0) is 20.5. The van der Waals surface area contributed by atoms with Gasteiger partial charge in [0.1, 0.15) is 18.0 Å². The first kappa shape index (κ1) is 18.0. The molecule has 0 fully saturated rings. The number of hydrogen-bond acceptors (Lipinski definition) is 5. The predicted molar refractivity (Wildman–Crippen MR) is 113 cm³/mol. The van der Waals surface area contributed by atoms with E-state index in [1.54, 1.807) is 23.0 Å². The van der Waals surface area contributed by atoms with E-state index >= 15 is 0 Å². The third-order valence-corrected chi connectivity index (χ3v) is 4.90. The minimum atomic E-state index is -0.277. The van der Waals surface area contributed by atoms with Crippen molar-refractivity contribution in [1.82, 2.24) is 29.5 Å². The van der Waals surface area contributed by atoms with Gasteiger partial charge in [-0.3, -0.25) is 4.68 Å². The average molecular weight is 399 g/mol. The molecule has 0 amide bonds. The Morgan fingerprint density at radius 3 is 2.60 bits per heavy atom. The van der Waals surface area contributed by atoms with Crippen molar-refractivity contribution in [2.75, 3.05) is 5.32 Å². The van der Waals surface area contributed by atoms with Gasteiger partial charge >= 0.3 is 0 Å². The first-order chi connectivity index (χ1) is 14.7. The lowest BCUT2D eigenvalue weighted by Crippen LogP contribution is -2.03. The van der Waals surface area contributed by atoms with Crippen LogP contribution in [0.25, 0.3) is 28.0 Å². The number of aromatic nitrogens is 6. The first-order valence-corrected chi connectivity index (χ1v) is 9.45. The molecule has 0 radical (unpaired) electrons. The molecule has 2 aromatic carbocycles. The monoisotopic (exact) mass is 399 g/mol. The fourth-order valence-electron chi connectivity index (χ4n) is 3.38. The summed E-state index contributed by atoms with van der Waals surface area (Å²) in [6.45, 7) is 0.487. The van der Waals surface area contributed by atoms with Gasteiger partial charge < -0.3 is 5.32 Å². The molecule has 7 nitrogen and oxygen atoms in total. The maximum Gasteiger partial charge on any atom is 0.163 e. The Kier molecular flexibility index (Phi) is 4.44. The van der Waals surface area contributed by atoms with E-state index in [9.17, 15) is 4.39 Å². The van der Waals surface area contributed by atoms with Crippen LogP contribution in [-0.2, 0) is 13.6 Å². The standard InChI is InChI=1S/C22H18FN7/c1-29-22-19(12-27-29)21(25-14-26-22)24-11-16-13-30(18-5-3-2-4-6-18)28-20(16)15-7-9-17(23)10-8-15/h2-10,12-14H,11H2,1H3,(H,24,25,26). The third kappa shape index (κ3) is 3.28. The summed E-state index contributed by atoms with van der Waals surface area (Å²) in [6, 6.07) is 16.2. The number of hydrogen-bond donors (Lipinski definition) is 1. The summed E-state index contributed by atoms with van der Waals surface area (Å²) in [7, 11) is 1.84. The summed E-state index contributed by atoms with van der Waals surface area (Å²) in [5.41, 5.74) is 4.29. The van der Waals surface area contributed by atoms with Crippen LogP contribution in [0.15, 0.2) is 73.3 Å². The minimum absolute atomic E-state index is 0.277. The molecule has 0 aliphatic heterocycles. The maximum atomic E-state index is 13.4. The fourth-order valence-corrected chi connectivity index (χ4v) is 3.38. The largest absolute Gasteiger partial charge is 0.365 e. The second-order valence-corrected chi connectivity index (χ2v) is 6.87. The summed E-state index contributed by atoms with van der Waals surface area (Å²) in [5.74, 6) is 0.423. The number of nitrogens with one attached hydrogen (secondary N) is 1. The summed E-state index contributed by atoms with van der Waals surface area (Å²) < 4.78 is 17.0. The number of halogens is 1. The van der Waals surface area contributed by atoms with E-state index in [2.05, 4.69) is 20.4 Å². The Balaban J connectivity index is 1.52. The molecule has 148 valence electrons. The van der Waals surface area contributed by atoms with Crippen LogP contribution in [-0.4, -0.2) is 29.5 Å². The number of para-hydroxylation sites is 1. The van der Waals surface area contributed by atoms with Crippen LogP contribution in [0.1, 0.15) is 5.56 Å². The van der Waals surface area contributed by atoms with Crippen LogP contribution in [0.4, 0.5) is 10.2 Å². The van der Waals surface area contributed by atoms with E-state index < -0.39 is 0 Å². The Bertz CT molecular complexity index is 1310. The summed E-state index contributed by atoms with van der Waals surface area (Å²) >= 11 is 0. The van der Waals surface area contributed by atoms with Crippen LogP contribution in [0.2, 0.25) is 0 Å². The molecule has 0 unspecified atom stereocenters. The first-order valence-electron chi connectivity index (χ1n) is 9.45. The lowest BCUT2D eigenvalue weighted by Gasteiger charge is -2.07. The number of nitrogens with zero attached hydrogens (tertiary/aromatic N) is 6. The van der Waals surface area contributed by atoms with Crippen molar-refractivity contribution < 1.29 is 4.39 Å². The highest BCUT2D eigenvalue weighted by Gasteiger charge is 2.14. The van der Waals surface area contributed by atoms with Gasteiger partial charge in [-0.25, -0.2) is 19.0 Å². The van der Waals surface area contributed by atoms with Crippen molar-refractivity contribution in [3.8, 4) is 16.9 Å². The summed E-state index contributed by atoms with van der Waals surface area (Å²) in [6.07, 6.45) is 5.23. The van der Waals surface area contributed by atoms with Gasteiger partial charge in [0.15, 0.2) is 5.65 Å². The molecule has 1 N–H and O–H groups in total. The van der Waals surface area contributed by atoms with Gasteiger partial charge in [-0.2, -0.15) is 10.2 Å². The second-order valence-electron chi connectivity index (χ2n) is 6.87. The molecule has 8 heteroatoms. The molecule has 3 aromatic heterocycles. The van der Waals surface area contributed by atoms with Crippen LogP contribution in [0.5, 0.6) is 0 Å². The minimum Gasteiger partial charge on any atom is -0.365 e. The lowest BCUT2D eigenvalue weighted by molar-refractivity contribution is 0.628. The Labute approximate surface area is 171 Å². The third-order valence-electron chi connectivity index (χ3n) is 4.90.